The van der Waals surface area contributed by atoms with Gasteiger partial charge in [-0.3, -0.25) is 0 Å². The van der Waals surface area contributed by atoms with E-state index in [1.807, 2.05) is 23.9 Å². The fraction of sp³-hybridized carbons (Fsp3) is 0.111. The Hall–Kier alpha value is -0.690. The molecular formula is C9H10S. The zero-order valence-corrected chi connectivity index (χ0v) is 6.60. The van der Waals surface area contributed by atoms with Crippen molar-refractivity contribution < 1.29 is 0 Å². The topological polar surface area (TPSA) is 0 Å². The summed E-state index contributed by atoms with van der Waals surface area (Å²) in [4.78, 5) is 0. The van der Waals surface area contributed by atoms with E-state index in [0.717, 1.165) is 5.75 Å². The second kappa shape index (κ2) is 4.18. The van der Waals surface area contributed by atoms with E-state index in [2.05, 4.69) is 24.1 Å². The maximum absolute atomic E-state index is 3.59. The van der Waals surface area contributed by atoms with Gasteiger partial charge >= 0.3 is 0 Å². The molecule has 0 saturated heterocycles. The fourth-order valence-electron chi connectivity index (χ4n) is 0.689. The van der Waals surface area contributed by atoms with Gasteiger partial charge in [-0.1, -0.05) is 37.0 Å². The lowest BCUT2D eigenvalue weighted by molar-refractivity contribution is 1.58. The zero-order chi connectivity index (χ0) is 7.23. The second-order valence-corrected chi connectivity index (χ2v) is 2.87. The average molecular weight is 150 g/mol. The molecule has 52 valence electrons. The largest absolute Gasteiger partial charge is 0.129 e. The van der Waals surface area contributed by atoms with Crippen LogP contribution in [-0.4, -0.2) is 5.75 Å². The van der Waals surface area contributed by atoms with Crippen molar-refractivity contribution >= 4 is 11.8 Å². The number of rotatable bonds is 2. The molecule has 0 saturated carbocycles. The summed E-state index contributed by atoms with van der Waals surface area (Å²) in [5, 5.41) is 2.12. The van der Waals surface area contributed by atoms with E-state index in [9.17, 15) is 0 Å². The van der Waals surface area contributed by atoms with Crippen molar-refractivity contribution in [3.05, 3.63) is 47.9 Å². The Labute approximate surface area is 66.0 Å². The molecule has 0 aliphatic carbocycles. The first-order valence-corrected chi connectivity index (χ1v) is 4.25. The third kappa shape index (κ3) is 2.28. The SMILES string of the molecule is C=C/C=C\C=C1\C=CSC1. The summed E-state index contributed by atoms with van der Waals surface area (Å²) in [6.07, 6.45) is 9.97. The Balaban J connectivity index is 2.46. The van der Waals surface area contributed by atoms with E-state index in [1.165, 1.54) is 5.57 Å². The molecule has 0 aromatic carbocycles. The molecular weight excluding hydrogens is 140 g/mol. The summed E-state index contributed by atoms with van der Waals surface area (Å²) in [6, 6.07) is 0. The van der Waals surface area contributed by atoms with Crippen LogP contribution in [0.1, 0.15) is 0 Å². The Kier molecular flexibility index (Phi) is 3.10. The third-order valence-corrected chi connectivity index (χ3v) is 2.01. The number of allylic oxidation sites excluding steroid dienone is 5. The lowest BCUT2D eigenvalue weighted by atomic mass is 10.3. The van der Waals surface area contributed by atoms with Gasteiger partial charge in [0.2, 0.25) is 0 Å². The van der Waals surface area contributed by atoms with Crippen molar-refractivity contribution in [2.24, 2.45) is 0 Å². The van der Waals surface area contributed by atoms with Crippen molar-refractivity contribution in [2.45, 2.75) is 0 Å². The van der Waals surface area contributed by atoms with E-state index >= 15 is 0 Å². The van der Waals surface area contributed by atoms with Gasteiger partial charge in [-0.2, -0.15) is 0 Å². The normalized spacial score (nSPS) is 21.0. The minimum Gasteiger partial charge on any atom is -0.129 e. The monoisotopic (exact) mass is 150 g/mol. The zero-order valence-electron chi connectivity index (χ0n) is 5.79. The summed E-state index contributed by atoms with van der Waals surface area (Å²) in [5.74, 6) is 1.11. The lowest BCUT2D eigenvalue weighted by Crippen LogP contribution is -1.72. The van der Waals surface area contributed by atoms with E-state index in [-0.39, 0.29) is 0 Å². The number of hydrogen-bond donors (Lipinski definition) is 0. The summed E-state index contributed by atoms with van der Waals surface area (Å²) < 4.78 is 0. The van der Waals surface area contributed by atoms with E-state index < -0.39 is 0 Å². The van der Waals surface area contributed by atoms with Gasteiger partial charge in [0.15, 0.2) is 0 Å². The van der Waals surface area contributed by atoms with E-state index in [4.69, 9.17) is 0 Å². The quantitative estimate of drug-likeness (QED) is 0.545. The highest BCUT2D eigenvalue weighted by Crippen LogP contribution is 2.18. The standard InChI is InChI=1S/C9H10S/c1-2-3-4-5-9-6-7-10-8-9/h2-7H,1,8H2/b4-3-,9-5-. The van der Waals surface area contributed by atoms with Crippen LogP contribution in [0.25, 0.3) is 0 Å². The molecule has 1 rings (SSSR count). The molecule has 0 aromatic rings. The van der Waals surface area contributed by atoms with Crippen LogP contribution in [0.2, 0.25) is 0 Å². The van der Waals surface area contributed by atoms with Gasteiger partial charge in [-0.25, -0.2) is 0 Å². The molecule has 1 heterocycles. The Morgan fingerprint density at radius 1 is 1.50 bits per heavy atom. The van der Waals surface area contributed by atoms with Crippen LogP contribution >= 0.6 is 11.8 Å². The molecule has 0 spiro atoms. The van der Waals surface area contributed by atoms with Crippen molar-refractivity contribution in [1.82, 2.24) is 0 Å². The molecule has 0 bridgehead atoms. The van der Waals surface area contributed by atoms with Crippen LogP contribution in [0.3, 0.4) is 0 Å². The van der Waals surface area contributed by atoms with Crippen molar-refractivity contribution in [1.29, 1.82) is 0 Å². The Bertz CT molecular complexity index is 197. The highest BCUT2D eigenvalue weighted by Gasteiger charge is 1.95. The Morgan fingerprint density at radius 2 is 2.40 bits per heavy atom. The molecule has 0 aromatic heterocycles. The first kappa shape index (κ1) is 7.42. The molecule has 0 nitrogen and oxygen atoms in total. The predicted octanol–water partition coefficient (Wildman–Crippen LogP) is 2.92. The van der Waals surface area contributed by atoms with Gasteiger partial charge in [-0.05, 0) is 11.0 Å². The van der Waals surface area contributed by atoms with Crippen molar-refractivity contribution in [3.63, 3.8) is 0 Å². The van der Waals surface area contributed by atoms with Gasteiger partial charge in [0.25, 0.3) is 0 Å². The van der Waals surface area contributed by atoms with Crippen LogP contribution in [0.15, 0.2) is 47.9 Å². The fourth-order valence-corrected chi connectivity index (χ4v) is 1.44. The lowest BCUT2D eigenvalue weighted by Gasteiger charge is -1.85. The van der Waals surface area contributed by atoms with Crippen molar-refractivity contribution in [3.8, 4) is 0 Å². The summed E-state index contributed by atoms with van der Waals surface area (Å²) in [6.45, 7) is 3.59. The van der Waals surface area contributed by atoms with Crippen LogP contribution < -0.4 is 0 Å². The van der Waals surface area contributed by atoms with Gasteiger partial charge in [-0.15, -0.1) is 11.8 Å². The molecule has 1 aliphatic rings. The van der Waals surface area contributed by atoms with Crippen molar-refractivity contribution in [2.75, 3.05) is 5.75 Å². The van der Waals surface area contributed by atoms with Crippen LogP contribution in [-0.2, 0) is 0 Å². The number of thioether (sulfide) groups is 1. The smallest absolute Gasteiger partial charge is 0.0226 e. The first-order valence-electron chi connectivity index (χ1n) is 3.20. The highest BCUT2D eigenvalue weighted by molar-refractivity contribution is 8.02. The highest BCUT2D eigenvalue weighted by atomic mass is 32.2. The van der Waals surface area contributed by atoms with E-state index in [0.29, 0.717) is 0 Å². The first-order chi connectivity index (χ1) is 4.93. The molecule has 0 unspecified atom stereocenters. The van der Waals surface area contributed by atoms with Gasteiger partial charge < -0.3 is 0 Å². The third-order valence-electron chi connectivity index (χ3n) is 1.19. The minimum absolute atomic E-state index is 1.11. The van der Waals surface area contributed by atoms with Gasteiger partial charge in [0.05, 0.1) is 0 Å². The van der Waals surface area contributed by atoms with Gasteiger partial charge in [0.1, 0.15) is 0 Å². The maximum atomic E-state index is 3.59. The molecule has 0 fully saturated rings. The summed E-state index contributed by atoms with van der Waals surface area (Å²) in [5.41, 5.74) is 1.38. The Morgan fingerprint density at radius 3 is 3.00 bits per heavy atom. The summed E-state index contributed by atoms with van der Waals surface area (Å²) >= 11 is 1.83. The molecule has 0 N–H and O–H groups in total. The molecule has 0 atom stereocenters. The molecule has 0 radical (unpaired) electrons. The predicted molar refractivity (Wildman–Crippen MR) is 49.0 cm³/mol. The number of hydrogen-bond acceptors (Lipinski definition) is 1. The second-order valence-electron chi connectivity index (χ2n) is 1.98. The van der Waals surface area contributed by atoms with Crippen LogP contribution in [0.4, 0.5) is 0 Å². The summed E-state index contributed by atoms with van der Waals surface area (Å²) in [7, 11) is 0. The van der Waals surface area contributed by atoms with Crippen LogP contribution in [0.5, 0.6) is 0 Å². The average Bonchev–Trinajstić information content (AvgIpc) is 2.41. The van der Waals surface area contributed by atoms with Crippen LogP contribution in [0, 0.1) is 0 Å². The van der Waals surface area contributed by atoms with E-state index in [1.54, 1.807) is 6.08 Å². The molecule has 1 aliphatic heterocycles. The molecule has 10 heavy (non-hydrogen) atoms. The maximum Gasteiger partial charge on any atom is 0.0226 e. The molecule has 1 heteroatoms. The minimum atomic E-state index is 1.11. The van der Waals surface area contributed by atoms with Gasteiger partial charge in [0, 0.05) is 5.75 Å². The molecule has 0 amide bonds.